The number of benzene rings is 1. The van der Waals surface area contributed by atoms with Crippen LogP contribution in [0.5, 0.6) is 0 Å². The van der Waals surface area contributed by atoms with Crippen LogP contribution in [0.3, 0.4) is 0 Å². The minimum Gasteiger partial charge on any atom is -0.369 e. The zero-order valence-corrected chi connectivity index (χ0v) is 16.4. The fourth-order valence-corrected chi connectivity index (χ4v) is 3.12. The van der Waals surface area contributed by atoms with E-state index in [0.717, 1.165) is 31.5 Å². The van der Waals surface area contributed by atoms with E-state index in [1.165, 1.54) is 12.1 Å². The number of hydrogen-bond acceptors (Lipinski definition) is 3. The fraction of sp³-hybridized carbons (Fsp3) is 0.550. The summed E-state index contributed by atoms with van der Waals surface area (Å²) in [6.45, 7) is 5.15. The first-order valence-electron chi connectivity index (χ1n) is 9.83. The van der Waals surface area contributed by atoms with Gasteiger partial charge in [0.05, 0.1) is 12.5 Å². The van der Waals surface area contributed by atoms with Crippen molar-refractivity contribution < 1.29 is 14.0 Å². The van der Waals surface area contributed by atoms with Crippen LogP contribution >= 0.6 is 0 Å². The number of likely N-dealkylation sites (tertiary alicyclic amines) is 1. The van der Waals surface area contributed by atoms with Gasteiger partial charge in [0.25, 0.3) is 0 Å². The summed E-state index contributed by atoms with van der Waals surface area (Å²) in [5, 5.41) is 6.37. The molecule has 0 radical (unpaired) electrons. The third-order valence-corrected chi connectivity index (χ3v) is 4.68. The summed E-state index contributed by atoms with van der Waals surface area (Å²) in [5.41, 5.74) is 6.36. The fourth-order valence-electron chi connectivity index (χ4n) is 3.12. The van der Waals surface area contributed by atoms with Crippen molar-refractivity contribution in [2.75, 3.05) is 32.7 Å². The van der Waals surface area contributed by atoms with Gasteiger partial charge in [-0.3, -0.25) is 14.6 Å². The molecule has 0 aliphatic carbocycles. The maximum Gasteiger partial charge on any atom is 0.222 e. The number of hydrogen-bond donors (Lipinski definition) is 3. The van der Waals surface area contributed by atoms with Crippen molar-refractivity contribution in [2.24, 2.45) is 16.6 Å². The Kier molecular flexibility index (Phi) is 8.71. The normalized spacial score (nSPS) is 15.6. The molecule has 1 aromatic rings. The van der Waals surface area contributed by atoms with Crippen LogP contribution in [0.4, 0.5) is 4.39 Å². The Labute approximate surface area is 165 Å². The summed E-state index contributed by atoms with van der Waals surface area (Å²) >= 11 is 0. The van der Waals surface area contributed by atoms with Gasteiger partial charge in [-0.2, -0.15) is 0 Å². The van der Waals surface area contributed by atoms with Crippen molar-refractivity contribution in [3.63, 3.8) is 0 Å². The van der Waals surface area contributed by atoms with Gasteiger partial charge in [-0.1, -0.05) is 12.1 Å². The van der Waals surface area contributed by atoms with Crippen molar-refractivity contribution in [2.45, 2.75) is 32.6 Å². The van der Waals surface area contributed by atoms with E-state index < -0.39 is 11.8 Å². The molecule has 154 valence electrons. The highest BCUT2D eigenvalue weighted by atomic mass is 19.1. The molecule has 4 N–H and O–H groups in total. The summed E-state index contributed by atoms with van der Waals surface area (Å²) < 4.78 is 13.0. The number of nitrogens with two attached hydrogens (primary N) is 1. The molecule has 1 aromatic carbocycles. The van der Waals surface area contributed by atoms with E-state index in [0.29, 0.717) is 31.9 Å². The van der Waals surface area contributed by atoms with Crippen molar-refractivity contribution in [3.8, 4) is 0 Å². The van der Waals surface area contributed by atoms with Gasteiger partial charge in [0.2, 0.25) is 11.8 Å². The van der Waals surface area contributed by atoms with Gasteiger partial charge in [0, 0.05) is 32.6 Å². The number of aliphatic imine (C=N–C) groups is 1. The Morgan fingerprint density at radius 3 is 2.68 bits per heavy atom. The Morgan fingerprint density at radius 1 is 1.32 bits per heavy atom. The zero-order chi connectivity index (χ0) is 20.4. The van der Waals surface area contributed by atoms with Gasteiger partial charge < -0.3 is 21.3 Å². The van der Waals surface area contributed by atoms with Crippen LogP contribution in [0, 0.1) is 11.7 Å². The molecule has 7 nitrogen and oxygen atoms in total. The lowest BCUT2D eigenvalue weighted by atomic mass is 9.99. The second kappa shape index (κ2) is 11.3. The van der Waals surface area contributed by atoms with E-state index in [1.807, 2.05) is 11.8 Å². The van der Waals surface area contributed by atoms with Gasteiger partial charge in [0.15, 0.2) is 5.96 Å². The van der Waals surface area contributed by atoms with Gasteiger partial charge in [-0.05, 0) is 43.9 Å². The number of carbonyl (C=O) groups is 2. The molecular weight excluding hydrogens is 361 g/mol. The number of carbonyl (C=O) groups excluding carboxylic acids is 2. The molecule has 28 heavy (non-hydrogen) atoms. The minimum absolute atomic E-state index is 0.227. The second-order valence-electron chi connectivity index (χ2n) is 6.91. The van der Waals surface area contributed by atoms with Gasteiger partial charge >= 0.3 is 0 Å². The summed E-state index contributed by atoms with van der Waals surface area (Å²) in [6, 6.07) is 6.04. The second-order valence-corrected chi connectivity index (χ2v) is 6.91. The van der Waals surface area contributed by atoms with Crippen LogP contribution in [-0.4, -0.2) is 55.4 Å². The summed E-state index contributed by atoms with van der Waals surface area (Å²) in [5.74, 6) is -0.377. The third-order valence-electron chi connectivity index (χ3n) is 4.68. The zero-order valence-electron chi connectivity index (χ0n) is 16.4. The first kappa shape index (κ1) is 21.7. The molecule has 8 heteroatoms. The van der Waals surface area contributed by atoms with E-state index in [-0.39, 0.29) is 18.3 Å². The molecule has 1 aliphatic heterocycles. The third kappa shape index (κ3) is 7.17. The highest BCUT2D eigenvalue weighted by Gasteiger charge is 2.19. The van der Waals surface area contributed by atoms with E-state index in [1.54, 1.807) is 12.1 Å². The summed E-state index contributed by atoms with van der Waals surface area (Å²) in [4.78, 5) is 29.8. The lowest BCUT2D eigenvalue weighted by molar-refractivity contribution is -0.127. The first-order valence-corrected chi connectivity index (χ1v) is 9.83. The largest absolute Gasteiger partial charge is 0.369 e. The van der Waals surface area contributed by atoms with Gasteiger partial charge in [-0.25, -0.2) is 4.39 Å². The van der Waals surface area contributed by atoms with Crippen LogP contribution < -0.4 is 16.4 Å². The molecule has 0 spiro atoms. The van der Waals surface area contributed by atoms with Crippen molar-refractivity contribution in [1.29, 1.82) is 0 Å². The number of primary amides is 1. The van der Waals surface area contributed by atoms with Crippen LogP contribution in [0.25, 0.3) is 0 Å². The molecule has 0 aromatic heterocycles. The SMILES string of the molecule is CCNC(=NCC(Cc1ccc(F)cc1)C(N)=O)NCCCN1CCCC1=O. The van der Waals surface area contributed by atoms with E-state index >= 15 is 0 Å². The lowest BCUT2D eigenvalue weighted by Crippen LogP contribution is -2.40. The number of guanidine groups is 1. The van der Waals surface area contributed by atoms with Crippen LogP contribution in [-0.2, 0) is 16.0 Å². The number of halogens is 1. The Bertz CT molecular complexity index is 678. The van der Waals surface area contributed by atoms with E-state index in [4.69, 9.17) is 5.73 Å². The monoisotopic (exact) mass is 391 g/mol. The van der Waals surface area contributed by atoms with E-state index in [9.17, 15) is 14.0 Å². The molecule has 0 saturated carbocycles. The summed E-state index contributed by atoms with van der Waals surface area (Å²) in [7, 11) is 0. The first-order chi connectivity index (χ1) is 13.5. The predicted molar refractivity (Wildman–Crippen MR) is 107 cm³/mol. The van der Waals surface area contributed by atoms with Crippen LogP contribution in [0.2, 0.25) is 0 Å². The van der Waals surface area contributed by atoms with Gasteiger partial charge in [-0.15, -0.1) is 0 Å². The maximum atomic E-state index is 13.0. The average molecular weight is 391 g/mol. The minimum atomic E-state index is -0.469. The van der Waals surface area contributed by atoms with Crippen molar-refractivity contribution in [3.05, 3.63) is 35.6 Å². The number of nitrogens with one attached hydrogen (secondary N) is 2. The highest BCUT2D eigenvalue weighted by Crippen LogP contribution is 2.11. The molecule has 1 atom stereocenters. The van der Waals surface area contributed by atoms with E-state index in [2.05, 4.69) is 15.6 Å². The molecule has 0 bridgehead atoms. The molecule has 1 fully saturated rings. The number of amides is 2. The molecule has 1 saturated heterocycles. The summed E-state index contributed by atoms with van der Waals surface area (Å²) in [6.07, 6.45) is 2.83. The number of nitrogens with zero attached hydrogens (tertiary/aromatic N) is 2. The maximum absolute atomic E-state index is 13.0. The lowest BCUT2D eigenvalue weighted by Gasteiger charge is -2.17. The van der Waals surface area contributed by atoms with Crippen molar-refractivity contribution in [1.82, 2.24) is 15.5 Å². The number of rotatable bonds is 10. The Balaban J connectivity index is 1.84. The molecule has 2 rings (SSSR count). The Hall–Kier alpha value is -2.64. The highest BCUT2D eigenvalue weighted by molar-refractivity contribution is 5.81. The molecule has 1 unspecified atom stereocenters. The topological polar surface area (TPSA) is 99.8 Å². The smallest absolute Gasteiger partial charge is 0.222 e. The quantitative estimate of drug-likeness (QED) is 0.315. The van der Waals surface area contributed by atoms with Crippen molar-refractivity contribution >= 4 is 17.8 Å². The molecular formula is C20H30FN5O2. The van der Waals surface area contributed by atoms with Crippen LogP contribution in [0.15, 0.2) is 29.3 Å². The molecule has 2 amide bonds. The standard InChI is InChI=1S/C20H30FN5O2/c1-2-23-20(24-10-4-12-26-11-3-5-18(26)27)25-14-16(19(22)28)13-15-6-8-17(21)9-7-15/h6-9,16H,2-5,10-14H2,1H3,(H2,22,28)(H2,23,24,25). The Morgan fingerprint density at radius 2 is 2.07 bits per heavy atom. The molecule has 1 aliphatic rings. The van der Waals surface area contributed by atoms with Crippen LogP contribution in [0.1, 0.15) is 31.7 Å². The molecule has 1 heterocycles. The predicted octanol–water partition coefficient (Wildman–Crippen LogP) is 1.04. The average Bonchev–Trinajstić information content (AvgIpc) is 3.08. The van der Waals surface area contributed by atoms with Gasteiger partial charge in [0.1, 0.15) is 5.82 Å².